The fraction of sp³-hybridized carbons (Fsp3) is 0.606. The summed E-state index contributed by atoms with van der Waals surface area (Å²) in [7, 11) is 0. The van der Waals surface area contributed by atoms with Crippen molar-refractivity contribution in [2.24, 2.45) is 17.8 Å². The van der Waals surface area contributed by atoms with Gasteiger partial charge in [-0.15, -0.1) is 10.2 Å². The quantitative estimate of drug-likeness (QED) is 0.337. The van der Waals surface area contributed by atoms with Gasteiger partial charge in [0.2, 0.25) is 0 Å². The smallest absolute Gasteiger partial charge is 0.191 e. The van der Waals surface area contributed by atoms with Crippen molar-refractivity contribution >= 4 is 0 Å². The number of likely N-dealkylation sites (tertiary alicyclic amines) is 2. The van der Waals surface area contributed by atoms with Crippen LogP contribution in [0.1, 0.15) is 86.7 Å². The first-order valence-corrected chi connectivity index (χ1v) is 15.6. The molecule has 2 aliphatic heterocycles. The number of nitrogens with zero attached hydrogens (tertiary/aromatic N) is 5. The van der Waals surface area contributed by atoms with Gasteiger partial charge in [-0.2, -0.15) is 5.21 Å². The van der Waals surface area contributed by atoms with Gasteiger partial charge in [-0.3, -0.25) is 4.90 Å². The van der Waals surface area contributed by atoms with Gasteiger partial charge >= 0.3 is 0 Å². The number of aromatic amines is 1. The Labute approximate surface area is 234 Å². The lowest BCUT2D eigenvalue weighted by atomic mass is 9.83. The van der Waals surface area contributed by atoms with E-state index in [-0.39, 0.29) is 6.04 Å². The number of rotatable bonds is 10. The van der Waals surface area contributed by atoms with E-state index in [1.54, 1.807) is 0 Å². The van der Waals surface area contributed by atoms with E-state index in [9.17, 15) is 0 Å². The minimum absolute atomic E-state index is 0.288. The fourth-order valence-corrected chi connectivity index (χ4v) is 7.84. The number of hydrogen-bond donors (Lipinski definition) is 1. The molecule has 1 aromatic heterocycles. The molecule has 3 aromatic rings. The lowest BCUT2D eigenvalue weighted by Crippen LogP contribution is -2.39. The number of tetrazole rings is 1. The molecule has 0 radical (unpaired) electrons. The van der Waals surface area contributed by atoms with Gasteiger partial charge in [0.15, 0.2) is 5.82 Å². The van der Waals surface area contributed by atoms with Crippen LogP contribution in [0.3, 0.4) is 0 Å². The lowest BCUT2D eigenvalue weighted by Gasteiger charge is -2.36. The molecule has 3 fully saturated rings. The Kier molecular flexibility index (Phi) is 9.01. The van der Waals surface area contributed by atoms with Crippen molar-refractivity contribution in [2.75, 3.05) is 32.7 Å². The fourth-order valence-electron chi connectivity index (χ4n) is 7.84. The van der Waals surface area contributed by atoms with Crippen LogP contribution in [0.15, 0.2) is 60.7 Å². The van der Waals surface area contributed by atoms with E-state index in [1.807, 2.05) is 0 Å². The first-order chi connectivity index (χ1) is 19.3. The van der Waals surface area contributed by atoms with Crippen molar-refractivity contribution in [3.63, 3.8) is 0 Å². The van der Waals surface area contributed by atoms with Crippen LogP contribution in [0, 0.1) is 17.8 Å². The van der Waals surface area contributed by atoms with Gasteiger partial charge in [0, 0.05) is 25.6 Å². The minimum Gasteiger partial charge on any atom is -0.303 e. The summed E-state index contributed by atoms with van der Waals surface area (Å²) in [5.74, 6) is 3.64. The van der Waals surface area contributed by atoms with Gasteiger partial charge in [-0.25, -0.2) is 0 Å². The number of hydrogen-bond acceptors (Lipinski definition) is 5. The molecule has 2 aromatic carbocycles. The van der Waals surface area contributed by atoms with Crippen LogP contribution in [0.4, 0.5) is 0 Å². The summed E-state index contributed by atoms with van der Waals surface area (Å²) in [5, 5.41) is 15.8. The average Bonchev–Trinajstić information content (AvgIpc) is 3.67. The molecule has 3 atom stereocenters. The average molecular weight is 527 g/mol. The summed E-state index contributed by atoms with van der Waals surface area (Å²) in [6.07, 6.45) is 13.2. The van der Waals surface area contributed by atoms with E-state index < -0.39 is 0 Å². The normalized spacial score (nSPS) is 24.7. The first kappa shape index (κ1) is 26.6. The Hall–Kier alpha value is -2.57. The molecule has 6 nitrogen and oxygen atoms in total. The summed E-state index contributed by atoms with van der Waals surface area (Å²) in [4.78, 5) is 5.52. The second-order valence-corrected chi connectivity index (χ2v) is 12.5. The molecule has 6 rings (SSSR count). The molecule has 6 heteroatoms. The Bertz CT molecular complexity index is 1090. The molecule has 0 spiro atoms. The van der Waals surface area contributed by atoms with Crippen LogP contribution in [-0.4, -0.2) is 63.1 Å². The molecule has 39 heavy (non-hydrogen) atoms. The van der Waals surface area contributed by atoms with E-state index >= 15 is 0 Å². The third-order valence-corrected chi connectivity index (χ3v) is 9.93. The Morgan fingerprint density at radius 2 is 1.59 bits per heavy atom. The van der Waals surface area contributed by atoms with Gasteiger partial charge < -0.3 is 4.90 Å². The molecular weight excluding hydrogens is 480 g/mol. The largest absolute Gasteiger partial charge is 0.303 e. The summed E-state index contributed by atoms with van der Waals surface area (Å²) < 4.78 is 0. The monoisotopic (exact) mass is 526 g/mol. The van der Waals surface area contributed by atoms with Crippen molar-refractivity contribution < 1.29 is 0 Å². The SMILES string of the molecule is c1ccc(CCCC2CCN(C[C@H]3CN([C@@H](c4nn[nH]n4)C4CCCCC4)C[C@@H]3c3ccccc3)CC2)cc1. The molecule has 3 aliphatic rings. The number of benzene rings is 2. The Morgan fingerprint density at radius 1 is 0.846 bits per heavy atom. The van der Waals surface area contributed by atoms with E-state index in [1.165, 1.54) is 95.0 Å². The van der Waals surface area contributed by atoms with Crippen molar-refractivity contribution in [1.82, 2.24) is 30.4 Å². The van der Waals surface area contributed by atoms with Crippen molar-refractivity contribution in [2.45, 2.75) is 76.2 Å². The molecule has 208 valence electrons. The van der Waals surface area contributed by atoms with Gasteiger partial charge in [0.05, 0.1) is 6.04 Å². The molecule has 2 saturated heterocycles. The summed E-state index contributed by atoms with van der Waals surface area (Å²) >= 11 is 0. The summed E-state index contributed by atoms with van der Waals surface area (Å²) in [6.45, 7) is 5.94. The molecule has 1 N–H and O–H groups in total. The highest BCUT2D eigenvalue weighted by molar-refractivity contribution is 5.23. The highest BCUT2D eigenvalue weighted by Gasteiger charge is 2.42. The topological polar surface area (TPSA) is 60.9 Å². The van der Waals surface area contributed by atoms with Crippen molar-refractivity contribution in [3.8, 4) is 0 Å². The number of piperidine rings is 1. The highest BCUT2D eigenvalue weighted by Crippen LogP contribution is 2.43. The second-order valence-electron chi connectivity index (χ2n) is 12.5. The van der Waals surface area contributed by atoms with Gasteiger partial charge in [-0.1, -0.05) is 91.6 Å². The predicted octanol–water partition coefficient (Wildman–Crippen LogP) is 6.27. The van der Waals surface area contributed by atoms with E-state index in [0.29, 0.717) is 17.8 Å². The molecule has 0 bridgehead atoms. The zero-order chi connectivity index (χ0) is 26.3. The minimum atomic E-state index is 0.288. The standard InChI is InChI=1S/C33H46N6/c1-4-11-26(12-5-1)13-10-14-27-19-21-38(22-20-27)23-30-24-39(25-31(30)28-15-6-2-7-16-28)32(33-34-36-37-35-33)29-17-8-3-9-18-29/h1-2,4-7,11-12,15-16,27,29-32H,3,8-10,13-14,17-25H2,(H,34,35,36,37)/t30-,31+,32+/m0/s1. The van der Waals surface area contributed by atoms with Crippen LogP contribution < -0.4 is 0 Å². The maximum Gasteiger partial charge on any atom is 0.191 e. The molecule has 3 heterocycles. The highest BCUT2D eigenvalue weighted by atomic mass is 15.5. The zero-order valence-electron chi connectivity index (χ0n) is 23.5. The number of nitrogens with one attached hydrogen (secondary N) is 1. The third kappa shape index (κ3) is 6.78. The van der Waals surface area contributed by atoms with Crippen LogP contribution >= 0.6 is 0 Å². The van der Waals surface area contributed by atoms with Crippen LogP contribution in [0.5, 0.6) is 0 Å². The number of H-pyrrole nitrogens is 1. The van der Waals surface area contributed by atoms with Crippen LogP contribution in [-0.2, 0) is 6.42 Å². The molecule has 1 saturated carbocycles. The van der Waals surface area contributed by atoms with Gasteiger partial charge in [0.1, 0.15) is 0 Å². The Balaban J connectivity index is 1.09. The first-order valence-electron chi connectivity index (χ1n) is 15.6. The van der Waals surface area contributed by atoms with Gasteiger partial charge in [0.25, 0.3) is 0 Å². The van der Waals surface area contributed by atoms with Crippen LogP contribution in [0.25, 0.3) is 0 Å². The molecule has 0 unspecified atom stereocenters. The van der Waals surface area contributed by atoms with Crippen LogP contribution in [0.2, 0.25) is 0 Å². The third-order valence-electron chi connectivity index (χ3n) is 9.93. The molecule has 0 amide bonds. The second kappa shape index (κ2) is 13.2. The van der Waals surface area contributed by atoms with Crippen molar-refractivity contribution in [3.05, 3.63) is 77.6 Å². The van der Waals surface area contributed by atoms with Crippen molar-refractivity contribution in [1.29, 1.82) is 0 Å². The summed E-state index contributed by atoms with van der Waals surface area (Å²) in [5.41, 5.74) is 2.98. The molecule has 1 aliphatic carbocycles. The predicted molar refractivity (Wildman–Crippen MR) is 156 cm³/mol. The van der Waals surface area contributed by atoms with E-state index in [2.05, 4.69) is 91.1 Å². The maximum absolute atomic E-state index is 4.53. The lowest BCUT2D eigenvalue weighted by molar-refractivity contribution is 0.120. The van der Waals surface area contributed by atoms with E-state index in [4.69, 9.17) is 0 Å². The Morgan fingerprint density at radius 3 is 2.31 bits per heavy atom. The number of aromatic nitrogens is 4. The maximum atomic E-state index is 4.53. The number of aryl methyl sites for hydroxylation is 1. The summed E-state index contributed by atoms with van der Waals surface area (Å²) in [6, 6.07) is 22.6. The van der Waals surface area contributed by atoms with Gasteiger partial charge in [-0.05, 0) is 80.5 Å². The molecular formula is C33H46N6. The van der Waals surface area contributed by atoms with E-state index in [0.717, 1.165) is 24.8 Å². The zero-order valence-corrected chi connectivity index (χ0v) is 23.5.